The third kappa shape index (κ3) is 4.28. The van der Waals surface area contributed by atoms with Crippen LogP contribution in [0.2, 0.25) is 0 Å². The fourth-order valence-corrected chi connectivity index (χ4v) is 2.65. The summed E-state index contributed by atoms with van der Waals surface area (Å²) in [4.78, 5) is 44.5. The number of nitrogens with zero attached hydrogens (tertiary/aromatic N) is 2. The van der Waals surface area contributed by atoms with Gasteiger partial charge in [0.05, 0.1) is 12.7 Å². The molecule has 1 saturated heterocycles. The van der Waals surface area contributed by atoms with Crippen molar-refractivity contribution in [3.8, 4) is 0 Å². The highest BCUT2D eigenvalue weighted by molar-refractivity contribution is 7.46. The van der Waals surface area contributed by atoms with Crippen molar-refractivity contribution in [1.29, 1.82) is 0 Å². The molecule has 3 atom stereocenters. The molecule has 1 fully saturated rings. The molecule has 12 heteroatoms. The van der Waals surface area contributed by atoms with Crippen LogP contribution in [0, 0.1) is 0 Å². The summed E-state index contributed by atoms with van der Waals surface area (Å²) in [6, 6.07) is 1.20. The SMILES string of the molecule is CN(C)c1cc(=O)[nH]c(=O)n1[C@H]1C[C@H](O)[C@@H](COP(=O)(O)O)O1. The van der Waals surface area contributed by atoms with Crippen molar-refractivity contribution in [2.45, 2.75) is 24.9 Å². The highest BCUT2D eigenvalue weighted by atomic mass is 31.2. The summed E-state index contributed by atoms with van der Waals surface area (Å²) in [6.45, 7) is -0.530. The smallest absolute Gasteiger partial charge is 0.390 e. The Labute approximate surface area is 130 Å². The Morgan fingerprint density at radius 1 is 1.48 bits per heavy atom. The number of aliphatic hydroxyl groups excluding tert-OH is 1. The zero-order valence-corrected chi connectivity index (χ0v) is 13.3. The molecule has 23 heavy (non-hydrogen) atoms. The van der Waals surface area contributed by atoms with E-state index in [1.165, 1.54) is 11.0 Å². The number of anilines is 1. The molecule has 0 radical (unpaired) electrons. The maximum atomic E-state index is 12.0. The fourth-order valence-electron chi connectivity index (χ4n) is 2.31. The summed E-state index contributed by atoms with van der Waals surface area (Å²) in [6.07, 6.45) is -3.00. The van der Waals surface area contributed by atoms with E-state index in [4.69, 9.17) is 14.5 Å². The Morgan fingerprint density at radius 2 is 2.13 bits per heavy atom. The second-order valence-corrected chi connectivity index (χ2v) is 6.52. The first-order valence-electron chi connectivity index (χ1n) is 6.65. The molecule has 0 amide bonds. The number of rotatable bonds is 5. The van der Waals surface area contributed by atoms with E-state index >= 15 is 0 Å². The Morgan fingerprint density at radius 3 is 2.70 bits per heavy atom. The van der Waals surface area contributed by atoms with E-state index in [-0.39, 0.29) is 12.2 Å². The van der Waals surface area contributed by atoms with Crippen LogP contribution in [0.5, 0.6) is 0 Å². The Kier molecular flexibility index (Phi) is 5.09. The molecule has 1 aromatic heterocycles. The second-order valence-electron chi connectivity index (χ2n) is 5.28. The monoisotopic (exact) mass is 351 g/mol. The van der Waals surface area contributed by atoms with E-state index in [1.54, 1.807) is 14.1 Å². The normalized spacial score (nSPS) is 24.8. The van der Waals surface area contributed by atoms with Crippen LogP contribution in [0.1, 0.15) is 12.6 Å². The predicted molar refractivity (Wildman–Crippen MR) is 78.2 cm³/mol. The van der Waals surface area contributed by atoms with Gasteiger partial charge in [0.1, 0.15) is 18.1 Å². The van der Waals surface area contributed by atoms with E-state index in [0.717, 1.165) is 4.57 Å². The molecular formula is C11H18N3O8P. The molecule has 0 aliphatic carbocycles. The summed E-state index contributed by atoms with van der Waals surface area (Å²) >= 11 is 0. The highest BCUT2D eigenvalue weighted by Crippen LogP contribution is 2.38. The van der Waals surface area contributed by atoms with Crippen LogP contribution in [0.15, 0.2) is 15.7 Å². The van der Waals surface area contributed by atoms with Crippen molar-refractivity contribution >= 4 is 13.6 Å². The molecule has 0 spiro atoms. The van der Waals surface area contributed by atoms with E-state index in [1.807, 2.05) is 0 Å². The van der Waals surface area contributed by atoms with Crippen molar-refractivity contribution < 1.29 is 28.7 Å². The molecule has 2 rings (SSSR count). The fraction of sp³-hybridized carbons (Fsp3) is 0.636. The third-order valence-electron chi connectivity index (χ3n) is 3.31. The van der Waals surface area contributed by atoms with Crippen LogP contribution in [-0.4, -0.2) is 57.4 Å². The van der Waals surface area contributed by atoms with E-state index in [0.29, 0.717) is 0 Å². The van der Waals surface area contributed by atoms with Crippen molar-refractivity contribution in [3.63, 3.8) is 0 Å². The van der Waals surface area contributed by atoms with Crippen LogP contribution in [0.3, 0.4) is 0 Å². The molecule has 0 bridgehead atoms. The molecule has 11 nitrogen and oxygen atoms in total. The summed E-state index contributed by atoms with van der Waals surface area (Å²) in [5, 5.41) is 9.93. The molecule has 1 aliphatic heterocycles. The van der Waals surface area contributed by atoms with Gasteiger partial charge in [-0.1, -0.05) is 0 Å². The molecule has 4 N–H and O–H groups in total. The summed E-state index contributed by atoms with van der Waals surface area (Å²) < 4.78 is 21.7. The van der Waals surface area contributed by atoms with Gasteiger partial charge < -0.3 is 24.5 Å². The maximum Gasteiger partial charge on any atom is 0.469 e. The van der Waals surface area contributed by atoms with Gasteiger partial charge in [-0.15, -0.1) is 0 Å². The number of aliphatic hydroxyl groups is 1. The molecular weight excluding hydrogens is 333 g/mol. The summed E-state index contributed by atoms with van der Waals surface area (Å²) in [7, 11) is -1.43. The van der Waals surface area contributed by atoms with Crippen LogP contribution in [0.4, 0.5) is 5.82 Å². The van der Waals surface area contributed by atoms with Gasteiger partial charge in [0.25, 0.3) is 5.56 Å². The van der Waals surface area contributed by atoms with Crippen molar-refractivity contribution in [3.05, 3.63) is 26.9 Å². The first-order valence-corrected chi connectivity index (χ1v) is 8.18. The molecule has 0 aromatic carbocycles. The van der Waals surface area contributed by atoms with Gasteiger partial charge in [-0.2, -0.15) is 0 Å². The number of nitrogens with one attached hydrogen (secondary N) is 1. The van der Waals surface area contributed by atoms with Gasteiger partial charge in [0, 0.05) is 26.6 Å². The first-order chi connectivity index (χ1) is 10.6. The lowest BCUT2D eigenvalue weighted by Crippen LogP contribution is -2.36. The Balaban J connectivity index is 2.26. The van der Waals surface area contributed by atoms with Crippen LogP contribution >= 0.6 is 7.82 Å². The minimum atomic E-state index is -4.69. The van der Waals surface area contributed by atoms with E-state index < -0.39 is 44.1 Å². The quantitative estimate of drug-likeness (QED) is 0.457. The van der Waals surface area contributed by atoms with Crippen LogP contribution in [0.25, 0.3) is 0 Å². The number of hydrogen-bond acceptors (Lipinski definition) is 7. The zero-order chi connectivity index (χ0) is 17.4. The molecule has 0 unspecified atom stereocenters. The highest BCUT2D eigenvalue weighted by Gasteiger charge is 2.38. The number of ether oxygens (including phenoxy) is 1. The Hall–Kier alpha value is -1.49. The average molecular weight is 351 g/mol. The van der Waals surface area contributed by atoms with Crippen LogP contribution < -0.4 is 16.1 Å². The lowest BCUT2D eigenvalue weighted by Gasteiger charge is -2.22. The van der Waals surface area contributed by atoms with Gasteiger partial charge in [0.2, 0.25) is 0 Å². The standard InChI is InChI=1S/C11H18N3O8P/c1-13(2)9-4-8(16)12-11(17)14(9)10-3-6(15)7(22-10)5-21-23(18,19)20/h4,6-7,10,15H,3,5H2,1-2H3,(H,12,16,17)(H2,18,19,20)/t6-,7+,10+/m0/s1. The van der Waals surface area contributed by atoms with Gasteiger partial charge in [-0.05, 0) is 0 Å². The molecule has 2 heterocycles. The number of aromatic amines is 1. The van der Waals surface area contributed by atoms with Crippen molar-refractivity contribution in [2.75, 3.05) is 25.6 Å². The lowest BCUT2D eigenvalue weighted by molar-refractivity contribution is -0.0445. The lowest BCUT2D eigenvalue weighted by atomic mass is 10.2. The van der Waals surface area contributed by atoms with Gasteiger partial charge in [-0.3, -0.25) is 18.9 Å². The van der Waals surface area contributed by atoms with Gasteiger partial charge in [-0.25, -0.2) is 9.36 Å². The predicted octanol–water partition coefficient (Wildman–Crippen LogP) is -1.64. The number of H-pyrrole nitrogens is 1. The average Bonchev–Trinajstić information content (AvgIpc) is 2.75. The number of aromatic nitrogens is 2. The first kappa shape index (κ1) is 17.9. The molecule has 0 saturated carbocycles. The van der Waals surface area contributed by atoms with Crippen molar-refractivity contribution in [1.82, 2.24) is 9.55 Å². The van der Waals surface area contributed by atoms with Gasteiger partial charge in [0.15, 0.2) is 0 Å². The summed E-state index contributed by atoms with van der Waals surface area (Å²) in [5.41, 5.74) is -1.29. The number of phosphoric acid groups is 1. The van der Waals surface area contributed by atoms with E-state index in [9.17, 15) is 19.3 Å². The van der Waals surface area contributed by atoms with Gasteiger partial charge >= 0.3 is 13.5 Å². The second kappa shape index (κ2) is 6.56. The summed E-state index contributed by atoms with van der Waals surface area (Å²) in [5.74, 6) is 0.271. The maximum absolute atomic E-state index is 12.0. The molecule has 130 valence electrons. The minimum Gasteiger partial charge on any atom is -0.390 e. The minimum absolute atomic E-state index is 0.00196. The van der Waals surface area contributed by atoms with E-state index in [2.05, 4.69) is 9.51 Å². The number of hydrogen-bond donors (Lipinski definition) is 4. The largest absolute Gasteiger partial charge is 0.469 e. The third-order valence-corrected chi connectivity index (χ3v) is 3.80. The zero-order valence-electron chi connectivity index (χ0n) is 12.4. The molecule has 1 aromatic rings. The van der Waals surface area contributed by atoms with Crippen LogP contribution in [-0.2, 0) is 13.8 Å². The topological polar surface area (TPSA) is 154 Å². The molecule has 1 aliphatic rings. The number of phosphoric ester groups is 1. The van der Waals surface area contributed by atoms with Crippen molar-refractivity contribution in [2.24, 2.45) is 0 Å². The Bertz CT molecular complexity index is 723.